The number of hydrogen-bond donors (Lipinski definition) is 1. The summed E-state index contributed by atoms with van der Waals surface area (Å²) in [7, 11) is 0. The van der Waals surface area contributed by atoms with Gasteiger partial charge >= 0.3 is 0 Å². The number of hydrogen-bond acceptors (Lipinski definition) is 3. The molecule has 1 aliphatic heterocycles. The molecule has 0 radical (unpaired) electrons. The third-order valence-electron chi connectivity index (χ3n) is 2.82. The van der Waals surface area contributed by atoms with E-state index >= 15 is 0 Å². The highest BCUT2D eigenvalue weighted by molar-refractivity contribution is 9.11. The van der Waals surface area contributed by atoms with Gasteiger partial charge in [0.25, 0.3) is 0 Å². The van der Waals surface area contributed by atoms with Crippen LogP contribution in [0.1, 0.15) is 23.8 Å². The summed E-state index contributed by atoms with van der Waals surface area (Å²) in [4.78, 5) is 1.39. The van der Waals surface area contributed by atoms with Crippen LogP contribution >= 0.6 is 27.3 Å². The van der Waals surface area contributed by atoms with Gasteiger partial charge in [-0.3, -0.25) is 0 Å². The second-order valence-electron chi connectivity index (χ2n) is 4.02. The van der Waals surface area contributed by atoms with Gasteiger partial charge in [-0.05, 0) is 47.8 Å². The Morgan fingerprint density at radius 1 is 1.67 bits per heavy atom. The van der Waals surface area contributed by atoms with Gasteiger partial charge in [-0.2, -0.15) is 0 Å². The van der Waals surface area contributed by atoms with Gasteiger partial charge in [0.15, 0.2) is 0 Å². The number of aryl methyl sites for hydroxylation is 1. The van der Waals surface area contributed by atoms with E-state index in [4.69, 9.17) is 4.74 Å². The van der Waals surface area contributed by atoms with Gasteiger partial charge in [0.2, 0.25) is 0 Å². The van der Waals surface area contributed by atoms with Gasteiger partial charge in [0, 0.05) is 24.1 Å². The second-order valence-corrected chi connectivity index (χ2v) is 6.48. The van der Waals surface area contributed by atoms with Crippen LogP contribution in [0.3, 0.4) is 0 Å². The van der Waals surface area contributed by atoms with E-state index in [0.29, 0.717) is 12.1 Å². The van der Waals surface area contributed by atoms with E-state index in [9.17, 15) is 0 Å². The van der Waals surface area contributed by atoms with E-state index in [1.54, 1.807) is 0 Å². The third kappa shape index (κ3) is 2.81. The Kier molecular flexibility index (Phi) is 3.83. The van der Waals surface area contributed by atoms with Crippen molar-refractivity contribution in [1.82, 2.24) is 5.32 Å². The molecule has 0 bridgehead atoms. The lowest BCUT2D eigenvalue weighted by Crippen LogP contribution is -2.33. The molecule has 2 heterocycles. The summed E-state index contributed by atoms with van der Waals surface area (Å²) in [6.45, 7) is 6.12. The quantitative estimate of drug-likeness (QED) is 0.923. The standard InChI is InChI=1S/C11H16BrNOS/c1-7-5-9(15-11(7)12)6-13-10-3-4-14-8(10)2/h5,8,10,13H,3-4,6H2,1-2H3. The van der Waals surface area contributed by atoms with Crippen molar-refractivity contribution in [3.05, 3.63) is 20.3 Å². The van der Waals surface area contributed by atoms with Crippen LogP contribution < -0.4 is 5.32 Å². The summed E-state index contributed by atoms with van der Waals surface area (Å²) in [6.07, 6.45) is 1.49. The van der Waals surface area contributed by atoms with Crippen LogP contribution in [-0.2, 0) is 11.3 Å². The van der Waals surface area contributed by atoms with Crippen LogP contribution in [-0.4, -0.2) is 18.8 Å². The van der Waals surface area contributed by atoms with Gasteiger partial charge in [0.05, 0.1) is 9.89 Å². The lowest BCUT2D eigenvalue weighted by molar-refractivity contribution is 0.113. The molecule has 2 unspecified atom stereocenters. The molecule has 4 heteroatoms. The summed E-state index contributed by atoms with van der Waals surface area (Å²) < 4.78 is 6.76. The maximum atomic E-state index is 5.51. The van der Waals surface area contributed by atoms with Crippen LogP contribution in [0.4, 0.5) is 0 Å². The van der Waals surface area contributed by atoms with Gasteiger partial charge in [-0.1, -0.05) is 0 Å². The number of halogens is 1. The fourth-order valence-corrected chi connectivity index (χ4v) is 3.42. The first-order valence-electron chi connectivity index (χ1n) is 5.26. The van der Waals surface area contributed by atoms with Crippen molar-refractivity contribution in [2.45, 2.75) is 39.0 Å². The number of nitrogens with one attached hydrogen (secondary N) is 1. The van der Waals surface area contributed by atoms with Crippen molar-refractivity contribution in [1.29, 1.82) is 0 Å². The minimum absolute atomic E-state index is 0.356. The molecular weight excluding hydrogens is 274 g/mol. The fraction of sp³-hybridized carbons (Fsp3) is 0.636. The number of ether oxygens (including phenoxy) is 1. The van der Waals surface area contributed by atoms with E-state index in [1.807, 2.05) is 11.3 Å². The Morgan fingerprint density at radius 2 is 2.47 bits per heavy atom. The molecule has 1 N–H and O–H groups in total. The van der Waals surface area contributed by atoms with Crippen molar-refractivity contribution in [2.75, 3.05) is 6.61 Å². The average molecular weight is 290 g/mol. The van der Waals surface area contributed by atoms with Crippen LogP contribution in [0.15, 0.2) is 9.85 Å². The van der Waals surface area contributed by atoms with Crippen LogP contribution in [0.25, 0.3) is 0 Å². The van der Waals surface area contributed by atoms with E-state index in [1.165, 1.54) is 14.2 Å². The molecule has 0 spiro atoms. The molecule has 0 amide bonds. The fourth-order valence-electron chi connectivity index (χ4n) is 1.84. The second kappa shape index (κ2) is 4.95. The Hall–Kier alpha value is 0.100. The highest BCUT2D eigenvalue weighted by atomic mass is 79.9. The SMILES string of the molecule is Cc1cc(CNC2CCOC2C)sc1Br. The molecule has 2 nitrogen and oxygen atoms in total. The van der Waals surface area contributed by atoms with Crippen molar-refractivity contribution >= 4 is 27.3 Å². The topological polar surface area (TPSA) is 21.3 Å². The first kappa shape index (κ1) is 11.6. The predicted octanol–water partition coefficient (Wildman–Crippen LogP) is 3.09. The molecule has 2 atom stereocenters. The number of rotatable bonds is 3. The summed E-state index contributed by atoms with van der Waals surface area (Å²) in [5.74, 6) is 0. The summed E-state index contributed by atoms with van der Waals surface area (Å²) >= 11 is 5.36. The van der Waals surface area contributed by atoms with Crippen molar-refractivity contribution < 1.29 is 4.74 Å². The minimum Gasteiger partial charge on any atom is -0.377 e. The molecule has 0 aliphatic carbocycles. The third-order valence-corrected chi connectivity index (χ3v) is 4.96. The van der Waals surface area contributed by atoms with Gasteiger partial charge in [-0.25, -0.2) is 0 Å². The predicted molar refractivity (Wildman–Crippen MR) is 67.4 cm³/mol. The molecule has 2 rings (SSSR count). The van der Waals surface area contributed by atoms with E-state index in [-0.39, 0.29) is 0 Å². The first-order chi connectivity index (χ1) is 7.16. The van der Waals surface area contributed by atoms with Crippen molar-refractivity contribution in [3.8, 4) is 0 Å². The summed E-state index contributed by atoms with van der Waals surface area (Å²) in [6, 6.07) is 2.76. The maximum absolute atomic E-state index is 5.51. The molecule has 84 valence electrons. The Labute approximate surface area is 103 Å². The molecule has 1 aromatic rings. The molecule has 1 saturated heterocycles. The molecule has 1 aromatic heterocycles. The van der Waals surface area contributed by atoms with Crippen LogP contribution in [0.5, 0.6) is 0 Å². The van der Waals surface area contributed by atoms with Crippen LogP contribution in [0, 0.1) is 6.92 Å². The zero-order chi connectivity index (χ0) is 10.8. The zero-order valence-corrected chi connectivity index (χ0v) is 11.5. The molecule has 0 saturated carbocycles. The molecule has 1 fully saturated rings. The zero-order valence-electron chi connectivity index (χ0n) is 9.05. The Morgan fingerprint density at radius 3 is 3.00 bits per heavy atom. The van der Waals surface area contributed by atoms with Gasteiger partial charge < -0.3 is 10.1 Å². The first-order valence-corrected chi connectivity index (χ1v) is 6.87. The monoisotopic (exact) mass is 289 g/mol. The lowest BCUT2D eigenvalue weighted by atomic mass is 10.1. The number of thiophene rings is 1. The Bertz CT molecular complexity index is 320. The maximum Gasteiger partial charge on any atom is 0.0730 e. The normalized spacial score (nSPS) is 26.1. The van der Waals surface area contributed by atoms with E-state index in [2.05, 4.69) is 41.2 Å². The van der Waals surface area contributed by atoms with E-state index < -0.39 is 0 Å². The van der Waals surface area contributed by atoms with E-state index in [0.717, 1.165) is 19.6 Å². The van der Waals surface area contributed by atoms with Crippen molar-refractivity contribution in [3.63, 3.8) is 0 Å². The molecule has 0 aromatic carbocycles. The van der Waals surface area contributed by atoms with Crippen molar-refractivity contribution in [2.24, 2.45) is 0 Å². The lowest BCUT2D eigenvalue weighted by Gasteiger charge is -2.14. The highest BCUT2D eigenvalue weighted by Crippen LogP contribution is 2.27. The molecule has 15 heavy (non-hydrogen) atoms. The Balaban J connectivity index is 1.87. The largest absolute Gasteiger partial charge is 0.377 e. The van der Waals surface area contributed by atoms with Crippen LogP contribution in [0.2, 0.25) is 0 Å². The smallest absolute Gasteiger partial charge is 0.0730 e. The highest BCUT2D eigenvalue weighted by Gasteiger charge is 2.23. The average Bonchev–Trinajstić information content (AvgIpc) is 2.72. The molecule has 1 aliphatic rings. The minimum atomic E-state index is 0.356. The van der Waals surface area contributed by atoms with Gasteiger partial charge in [-0.15, -0.1) is 11.3 Å². The molecular formula is C11H16BrNOS. The summed E-state index contributed by atoms with van der Waals surface area (Å²) in [5.41, 5.74) is 1.33. The van der Waals surface area contributed by atoms with Gasteiger partial charge in [0.1, 0.15) is 0 Å². The summed E-state index contributed by atoms with van der Waals surface area (Å²) in [5, 5.41) is 3.55.